The highest BCUT2D eigenvalue weighted by Gasteiger charge is 1.97. The molecule has 1 nitrogen and oxygen atoms in total. The van der Waals surface area contributed by atoms with E-state index in [9.17, 15) is 0 Å². The Labute approximate surface area is 157 Å². The van der Waals surface area contributed by atoms with Gasteiger partial charge in [0, 0.05) is 19.6 Å². The molecule has 140 valence electrons. The Morgan fingerprint density at radius 2 is 0.760 bits per heavy atom. The molecule has 0 aliphatic carbocycles. The maximum atomic E-state index is 3.77. The number of nitrogens with zero attached hydrogens (tertiary/aromatic N) is 1. The second kappa shape index (κ2) is 20.4. The normalized spacial score (nSPS) is 11.9. The molecule has 0 N–H and O–H groups in total. The summed E-state index contributed by atoms with van der Waals surface area (Å²) in [4.78, 5) is 2.47. The molecule has 0 radical (unpaired) electrons. The van der Waals surface area contributed by atoms with Crippen molar-refractivity contribution in [3.8, 4) is 0 Å². The summed E-state index contributed by atoms with van der Waals surface area (Å²) >= 11 is 0. The quantitative estimate of drug-likeness (QED) is 0.191. The molecule has 0 bridgehead atoms. The summed E-state index contributed by atoms with van der Waals surface area (Å²) in [7, 11) is 0. The van der Waals surface area contributed by atoms with E-state index in [-0.39, 0.29) is 0 Å². The van der Waals surface area contributed by atoms with Crippen LogP contribution >= 0.6 is 0 Å². The minimum absolute atomic E-state index is 1.02. The molecule has 0 unspecified atom stereocenters. The maximum Gasteiger partial charge on any atom is 0.0169 e. The van der Waals surface area contributed by atoms with E-state index in [0.717, 1.165) is 58.2 Å². The summed E-state index contributed by atoms with van der Waals surface area (Å²) < 4.78 is 0. The molecule has 0 aromatic carbocycles. The Hall–Kier alpha value is -1.60. The molecular weight excluding hydrogens is 302 g/mol. The van der Waals surface area contributed by atoms with Gasteiger partial charge in [0.05, 0.1) is 0 Å². The van der Waals surface area contributed by atoms with E-state index in [1.807, 2.05) is 18.2 Å². The fraction of sp³-hybridized carbons (Fsp3) is 0.500. The van der Waals surface area contributed by atoms with E-state index in [0.29, 0.717) is 0 Å². The maximum absolute atomic E-state index is 3.77. The summed E-state index contributed by atoms with van der Waals surface area (Å²) in [5.74, 6) is 0. The predicted molar refractivity (Wildman–Crippen MR) is 116 cm³/mol. The molecule has 0 fully saturated rings. The van der Waals surface area contributed by atoms with Gasteiger partial charge in [-0.3, -0.25) is 4.90 Å². The second-order valence-corrected chi connectivity index (χ2v) is 6.29. The van der Waals surface area contributed by atoms with Crippen LogP contribution in [0.2, 0.25) is 0 Å². The second-order valence-electron chi connectivity index (χ2n) is 6.29. The van der Waals surface area contributed by atoms with Gasteiger partial charge in [-0.1, -0.05) is 54.7 Å². The van der Waals surface area contributed by atoms with E-state index in [4.69, 9.17) is 0 Å². The fourth-order valence-corrected chi connectivity index (χ4v) is 2.39. The minimum Gasteiger partial charge on any atom is -0.292 e. The molecule has 25 heavy (non-hydrogen) atoms. The summed E-state index contributed by atoms with van der Waals surface area (Å²) in [6.45, 7) is 14.4. The van der Waals surface area contributed by atoms with Crippen LogP contribution in [0.25, 0.3) is 0 Å². The van der Waals surface area contributed by atoms with E-state index in [2.05, 4.69) is 61.1 Å². The zero-order valence-corrected chi connectivity index (χ0v) is 16.2. The van der Waals surface area contributed by atoms with E-state index in [1.165, 1.54) is 19.3 Å². The van der Waals surface area contributed by atoms with Gasteiger partial charge in [-0.15, -0.1) is 19.7 Å². The van der Waals surface area contributed by atoms with Crippen LogP contribution < -0.4 is 0 Å². The highest BCUT2D eigenvalue weighted by atomic mass is 15.1. The number of unbranched alkanes of at least 4 members (excludes halogenated alkanes) is 6. The monoisotopic (exact) mass is 341 g/mol. The molecule has 0 aliphatic heterocycles. The van der Waals surface area contributed by atoms with Crippen LogP contribution in [-0.4, -0.2) is 24.5 Å². The van der Waals surface area contributed by atoms with Crippen LogP contribution in [0, 0.1) is 0 Å². The van der Waals surface area contributed by atoms with Crippen LogP contribution in [0.1, 0.15) is 57.8 Å². The van der Waals surface area contributed by atoms with Crippen LogP contribution in [-0.2, 0) is 0 Å². The molecular formula is C24H39N. The minimum atomic E-state index is 1.02. The van der Waals surface area contributed by atoms with Crippen LogP contribution in [0.4, 0.5) is 0 Å². The molecule has 0 rings (SSSR count). The van der Waals surface area contributed by atoms with Crippen molar-refractivity contribution in [3.63, 3.8) is 0 Å². The molecule has 0 aromatic rings. The topological polar surface area (TPSA) is 3.24 Å². The molecule has 1 heteroatoms. The van der Waals surface area contributed by atoms with Gasteiger partial charge in [0.25, 0.3) is 0 Å². The lowest BCUT2D eigenvalue weighted by Crippen LogP contribution is -2.24. The van der Waals surface area contributed by atoms with Gasteiger partial charge in [-0.05, 0) is 57.8 Å². The van der Waals surface area contributed by atoms with Gasteiger partial charge in [0.15, 0.2) is 0 Å². The van der Waals surface area contributed by atoms with Gasteiger partial charge in [0.1, 0.15) is 0 Å². The third-order valence-electron chi connectivity index (χ3n) is 3.93. The first kappa shape index (κ1) is 23.4. The lowest BCUT2D eigenvalue weighted by atomic mass is 10.2. The molecule has 0 aromatic heterocycles. The van der Waals surface area contributed by atoms with Crippen LogP contribution in [0.5, 0.6) is 0 Å². The Kier molecular flexibility index (Phi) is 19.1. The molecule has 0 amide bonds. The van der Waals surface area contributed by atoms with Crippen LogP contribution in [0.3, 0.4) is 0 Å². The average Bonchev–Trinajstić information content (AvgIpc) is 2.63. The Balaban J connectivity index is 4.17. The van der Waals surface area contributed by atoms with Gasteiger partial charge in [-0.25, -0.2) is 0 Å². The van der Waals surface area contributed by atoms with Crippen molar-refractivity contribution in [2.24, 2.45) is 0 Å². The smallest absolute Gasteiger partial charge is 0.0169 e. The van der Waals surface area contributed by atoms with Crippen molar-refractivity contribution in [2.45, 2.75) is 57.8 Å². The number of allylic oxidation sites excluding steroid dienone is 6. The van der Waals surface area contributed by atoms with Crippen molar-refractivity contribution < 1.29 is 0 Å². The zero-order valence-electron chi connectivity index (χ0n) is 16.2. The number of rotatable bonds is 18. The summed E-state index contributed by atoms with van der Waals surface area (Å²) in [5.41, 5.74) is 0. The Morgan fingerprint density at radius 1 is 0.440 bits per heavy atom. The molecule has 0 saturated heterocycles. The first-order valence-electron chi connectivity index (χ1n) is 9.85. The average molecular weight is 342 g/mol. The highest BCUT2D eigenvalue weighted by Crippen LogP contribution is 2.01. The first-order chi connectivity index (χ1) is 12.3. The fourth-order valence-electron chi connectivity index (χ4n) is 2.39. The molecule has 0 spiro atoms. The standard InChI is InChI=1S/C24H39N/c1-4-7-10-13-16-19-22-25(23-20-17-14-11-8-5-2)24-21-18-15-12-9-6-3/h4-6,16-21H,1-3,7-15,22-24H2. The van der Waals surface area contributed by atoms with E-state index in [1.54, 1.807) is 0 Å². The summed E-state index contributed by atoms with van der Waals surface area (Å²) in [6.07, 6.45) is 30.2. The summed E-state index contributed by atoms with van der Waals surface area (Å²) in [6, 6.07) is 0. The Morgan fingerprint density at radius 3 is 1.04 bits per heavy atom. The molecule has 0 atom stereocenters. The van der Waals surface area contributed by atoms with Crippen molar-refractivity contribution in [2.75, 3.05) is 19.6 Å². The number of hydrogen-bond donors (Lipinski definition) is 0. The third kappa shape index (κ3) is 18.6. The Bertz CT molecular complexity index is 339. The van der Waals surface area contributed by atoms with Crippen molar-refractivity contribution in [3.05, 3.63) is 74.4 Å². The van der Waals surface area contributed by atoms with Gasteiger partial charge in [0.2, 0.25) is 0 Å². The third-order valence-corrected chi connectivity index (χ3v) is 3.93. The summed E-state index contributed by atoms with van der Waals surface area (Å²) in [5, 5.41) is 0. The van der Waals surface area contributed by atoms with Crippen LogP contribution in [0.15, 0.2) is 74.4 Å². The first-order valence-corrected chi connectivity index (χ1v) is 9.85. The van der Waals surface area contributed by atoms with Crippen molar-refractivity contribution in [1.82, 2.24) is 4.90 Å². The molecule has 0 heterocycles. The largest absolute Gasteiger partial charge is 0.292 e. The van der Waals surface area contributed by atoms with Gasteiger partial charge >= 0.3 is 0 Å². The molecule has 0 saturated carbocycles. The SMILES string of the molecule is C=CCCCC=CCN(CC=CCCCC=C)CC=CCCCC=C. The predicted octanol–water partition coefficient (Wildman–Crippen LogP) is 7.03. The van der Waals surface area contributed by atoms with Gasteiger partial charge < -0.3 is 0 Å². The lowest BCUT2D eigenvalue weighted by Gasteiger charge is -2.16. The van der Waals surface area contributed by atoms with E-state index >= 15 is 0 Å². The van der Waals surface area contributed by atoms with Gasteiger partial charge in [-0.2, -0.15) is 0 Å². The number of hydrogen-bond acceptors (Lipinski definition) is 1. The highest BCUT2D eigenvalue weighted by molar-refractivity contribution is 4.94. The van der Waals surface area contributed by atoms with E-state index < -0.39 is 0 Å². The van der Waals surface area contributed by atoms with Crippen molar-refractivity contribution in [1.29, 1.82) is 0 Å². The zero-order chi connectivity index (χ0) is 18.4. The molecule has 0 aliphatic rings. The van der Waals surface area contributed by atoms with Crippen molar-refractivity contribution >= 4 is 0 Å². The lowest BCUT2D eigenvalue weighted by molar-refractivity contribution is 0.371.